The Morgan fingerprint density at radius 3 is 0.650 bits per heavy atom. The number of rotatable bonds is 8. The van der Waals surface area contributed by atoms with Crippen molar-refractivity contribution in [1.29, 1.82) is 0 Å². The van der Waals surface area contributed by atoms with Crippen LogP contribution < -0.4 is 90.4 Å². The Bertz CT molecular complexity index is 2310. The molecule has 2 aliphatic rings. The summed E-state index contributed by atoms with van der Waals surface area (Å²) in [5.74, 6) is 0. The lowest BCUT2D eigenvalue weighted by Gasteiger charge is -2.21. The minimum atomic E-state index is -1.48. The first-order valence-electron chi connectivity index (χ1n) is 20.1. The first kappa shape index (κ1) is 45.6. The highest BCUT2D eigenvalue weighted by Gasteiger charge is 2.52. The van der Waals surface area contributed by atoms with Crippen molar-refractivity contribution in [3.8, 4) is 0 Å². The molecule has 60 heavy (non-hydrogen) atoms. The van der Waals surface area contributed by atoms with E-state index in [-0.39, 0.29) is 48.0 Å². The van der Waals surface area contributed by atoms with E-state index in [1.54, 1.807) is 57.5 Å². The highest BCUT2D eigenvalue weighted by Crippen LogP contribution is 2.85. The minimum Gasteiger partial charge on any atom is -1.00 e. The predicted octanol–water partition coefficient (Wildman–Crippen LogP) is 6.23. The fourth-order valence-electron chi connectivity index (χ4n) is 8.72. The van der Waals surface area contributed by atoms with Gasteiger partial charge in [0.2, 0.25) is 0 Å². The third kappa shape index (κ3) is 8.99. The zero-order valence-corrected chi connectivity index (χ0v) is 43.0. The van der Waals surface area contributed by atoms with Crippen LogP contribution in [0, 0.1) is 0 Å². The first-order chi connectivity index (χ1) is 28.7. The standard InChI is InChI=1S/2C26H24P3.2HI/c2*1-5-13-23(14-6-1)28(24-15-7-2-8-16-24)21-22-29(27-28,25-17-9-3-10-18-25)26-19-11-4-12-20-26;;/h2*1-20H,21-22H2;2*1H/q2*+1;;/p-2. The highest BCUT2D eigenvalue weighted by molar-refractivity contribution is 8.54. The number of hydrogen-bond donors (Lipinski definition) is 0. The molecular weight excluding hydrogens is 1060 g/mol. The van der Waals surface area contributed by atoms with Crippen molar-refractivity contribution in [3.05, 3.63) is 243 Å². The van der Waals surface area contributed by atoms with Crippen LogP contribution in [0.15, 0.2) is 243 Å². The smallest absolute Gasteiger partial charge is 0.129 e. The summed E-state index contributed by atoms with van der Waals surface area (Å²) in [4.78, 5) is 0. The van der Waals surface area contributed by atoms with Gasteiger partial charge < -0.3 is 48.0 Å². The second kappa shape index (κ2) is 20.8. The minimum absolute atomic E-state index is 0. The maximum atomic E-state index is 2.38. The molecule has 0 N–H and O–H groups in total. The summed E-state index contributed by atoms with van der Waals surface area (Å²) < 4.78 is 0. The summed E-state index contributed by atoms with van der Waals surface area (Å²) in [6.45, 7) is -5.93. The zero-order valence-electron chi connectivity index (χ0n) is 33.4. The van der Waals surface area contributed by atoms with Crippen LogP contribution in [-0.4, -0.2) is 24.6 Å². The van der Waals surface area contributed by atoms with Crippen molar-refractivity contribution in [1.82, 2.24) is 0 Å². The molecule has 10 rings (SSSR count). The van der Waals surface area contributed by atoms with Gasteiger partial charge in [-0.1, -0.05) is 194 Å². The summed E-state index contributed by atoms with van der Waals surface area (Å²) in [7, 11) is 3.30. The second-order valence-electron chi connectivity index (χ2n) is 14.8. The quantitative estimate of drug-likeness (QED) is 0.125. The van der Waals surface area contributed by atoms with Gasteiger partial charge in [-0.05, 0) is 69.7 Å². The topological polar surface area (TPSA) is 0 Å². The molecule has 2 aliphatic heterocycles. The molecule has 0 aliphatic carbocycles. The van der Waals surface area contributed by atoms with E-state index in [2.05, 4.69) is 243 Å². The molecule has 2 heterocycles. The molecule has 8 aromatic carbocycles. The van der Waals surface area contributed by atoms with Crippen molar-refractivity contribution < 1.29 is 48.0 Å². The maximum absolute atomic E-state index is 2.38. The molecule has 0 saturated carbocycles. The van der Waals surface area contributed by atoms with Gasteiger partial charge in [-0.3, -0.25) is 0 Å². The van der Waals surface area contributed by atoms with E-state index in [1.807, 2.05) is 0 Å². The predicted molar refractivity (Wildman–Crippen MR) is 270 cm³/mol. The SMILES string of the molecule is [I-].[I-].c1ccc(P2(c3ccccc3)=P[P+](c3ccccc3)(c3ccccc3)CC2)cc1.c1ccc(P2(c3ccccc3)=P[P+](c3ccccc3)(c3ccccc3)CC2)cc1. The van der Waals surface area contributed by atoms with E-state index in [0.29, 0.717) is 0 Å². The fraction of sp³-hybridized carbons (Fsp3) is 0.0769. The number of benzene rings is 8. The van der Waals surface area contributed by atoms with Crippen LogP contribution in [-0.2, 0) is 0 Å². The van der Waals surface area contributed by atoms with Gasteiger partial charge in [0.15, 0.2) is 0 Å². The maximum Gasteiger partial charge on any atom is 0.129 e. The summed E-state index contributed by atoms with van der Waals surface area (Å²) in [6.07, 6.45) is 5.17. The fourth-order valence-corrected chi connectivity index (χ4v) is 57.3. The molecular formula is C52H48I2P6. The van der Waals surface area contributed by atoms with Crippen LogP contribution in [0.3, 0.4) is 0 Å². The van der Waals surface area contributed by atoms with Gasteiger partial charge >= 0.3 is 0 Å². The Balaban J connectivity index is 0.000000176. The average Bonchev–Trinajstić information content (AvgIpc) is 3.96. The lowest BCUT2D eigenvalue weighted by molar-refractivity contribution is -0.001000. The van der Waals surface area contributed by atoms with Gasteiger partial charge in [-0.15, -0.1) is 0 Å². The van der Waals surface area contributed by atoms with Crippen molar-refractivity contribution in [2.24, 2.45) is 0 Å². The molecule has 0 atom stereocenters. The normalized spacial score (nSPS) is 16.8. The Labute approximate surface area is 396 Å². The van der Waals surface area contributed by atoms with Gasteiger partial charge in [-0.2, -0.15) is 0 Å². The molecule has 300 valence electrons. The average molecular weight is 1110 g/mol. The highest BCUT2D eigenvalue weighted by atomic mass is 127. The van der Waals surface area contributed by atoms with Crippen LogP contribution in [0.5, 0.6) is 0 Å². The van der Waals surface area contributed by atoms with E-state index in [1.165, 1.54) is 24.6 Å². The van der Waals surface area contributed by atoms with E-state index in [4.69, 9.17) is 0 Å². The molecule has 0 unspecified atom stereocenters. The molecule has 8 aromatic rings. The van der Waals surface area contributed by atoms with E-state index in [9.17, 15) is 0 Å². The van der Waals surface area contributed by atoms with E-state index >= 15 is 0 Å². The summed E-state index contributed by atoms with van der Waals surface area (Å²) in [6, 6.07) is 90.8. The van der Waals surface area contributed by atoms with Crippen LogP contribution in [0.1, 0.15) is 0 Å². The molecule has 8 heteroatoms. The van der Waals surface area contributed by atoms with Gasteiger partial charge in [0.1, 0.15) is 50.2 Å². The number of halogens is 2. The van der Waals surface area contributed by atoms with Crippen LogP contribution >= 0.6 is 42.1 Å². The van der Waals surface area contributed by atoms with Crippen LogP contribution in [0.2, 0.25) is 0 Å². The van der Waals surface area contributed by atoms with Crippen molar-refractivity contribution in [3.63, 3.8) is 0 Å². The van der Waals surface area contributed by atoms with E-state index in [0.717, 1.165) is 0 Å². The molecule has 0 nitrogen and oxygen atoms in total. The van der Waals surface area contributed by atoms with Crippen molar-refractivity contribution in [2.45, 2.75) is 0 Å². The Hall–Kier alpha value is -2.46. The lowest BCUT2D eigenvalue weighted by Crippen LogP contribution is -3.00. The Morgan fingerprint density at radius 2 is 0.450 bits per heavy atom. The molecule has 0 amide bonds. The van der Waals surface area contributed by atoms with Crippen LogP contribution in [0.25, 0.3) is 0 Å². The largest absolute Gasteiger partial charge is 1.00 e. The first-order valence-corrected chi connectivity index (χ1v) is 32.6. The van der Waals surface area contributed by atoms with E-state index < -0.39 is 27.0 Å². The zero-order chi connectivity index (χ0) is 39.1. The third-order valence-electron chi connectivity index (χ3n) is 11.6. The Morgan fingerprint density at radius 1 is 0.267 bits per heavy atom. The second-order valence-corrected chi connectivity index (χ2v) is 39.8. The molecule has 0 spiro atoms. The molecule has 0 aromatic heterocycles. The van der Waals surface area contributed by atoms with Crippen molar-refractivity contribution in [2.75, 3.05) is 24.6 Å². The number of hydrogen-bond acceptors (Lipinski definition) is 0. The van der Waals surface area contributed by atoms with Gasteiger partial charge in [0.05, 0.1) is 12.3 Å². The Kier molecular flexibility index (Phi) is 15.8. The molecule has 0 radical (unpaired) electrons. The van der Waals surface area contributed by atoms with Gasteiger partial charge in [0, 0.05) is 25.4 Å². The lowest BCUT2D eigenvalue weighted by atomic mass is 10.4. The molecule has 0 saturated heterocycles. The molecule has 0 bridgehead atoms. The summed E-state index contributed by atoms with van der Waals surface area (Å²) in [5.41, 5.74) is 0. The van der Waals surface area contributed by atoms with Gasteiger partial charge in [-0.25, -0.2) is 0 Å². The van der Waals surface area contributed by atoms with Gasteiger partial charge in [0.25, 0.3) is 0 Å². The third-order valence-corrected chi connectivity index (χ3v) is 48.8. The van der Waals surface area contributed by atoms with Crippen LogP contribution in [0.4, 0.5) is 0 Å². The molecule has 0 fully saturated rings. The summed E-state index contributed by atoms with van der Waals surface area (Å²) >= 11 is 0. The monoisotopic (exact) mass is 1110 g/mol. The summed E-state index contributed by atoms with van der Waals surface area (Å²) in [5, 5.41) is 12.5. The van der Waals surface area contributed by atoms with Crippen molar-refractivity contribution >= 4 is 84.5 Å².